The molecule has 4 aromatic rings. The van der Waals surface area contributed by atoms with Crippen molar-refractivity contribution in [1.82, 2.24) is 19.6 Å². The summed E-state index contributed by atoms with van der Waals surface area (Å²) >= 11 is 0. The topological polar surface area (TPSA) is 63.0 Å². The SMILES string of the molecule is Cc1ccc2nc([C@H](C)[C@H]3CC[C@@H](c4cc(=O)[nH]c5ccc(F)cc54)CC3)cn2n1. The van der Waals surface area contributed by atoms with Crippen LogP contribution < -0.4 is 5.56 Å². The summed E-state index contributed by atoms with van der Waals surface area (Å²) < 4.78 is 15.7. The molecule has 1 saturated carbocycles. The van der Waals surface area contributed by atoms with Crippen molar-refractivity contribution in [3.8, 4) is 0 Å². The number of halogens is 1. The minimum absolute atomic E-state index is 0.118. The van der Waals surface area contributed by atoms with Crippen LogP contribution in [0.15, 0.2) is 47.4 Å². The van der Waals surface area contributed by atoms with E-state index in [1.54, 1.807) is 18.2 Å². The van der Waals surface area contributed by atoms with Gasteiger partial charge < -0.3 is 4.98 Å². The molecule has 0 unspecified atom stereocenters. The van der Waals surface area contributed by atoms with Gasteiger partial charge in [0.2, 0.25) is 5.56 Å². The van der Waals surface area contributed by atoms with Crippen LogP contribution in [0.4, 0.5) is 4.39 Å². The van der Waals surface area contributed by atoms with Crippen molar-refractivity contribution in [3.63, 3.8) is 0 Å². The summed E-state index contributed by atoms with van der Waals surface area (Å²) in [5.41, 5.74) is 4.51. The van der Waals surface area contributed by atoms with Crippen LogP contribution in [0.25, 0.3) is 16.6 Å². The Morgan fingerprint density at radius 1 is 1.13 bits per heavy atom. The molecule has 1 aliphatic rings. The van der Waals surface area contributed by atoms with Crippen LogP contribution in [0.1, 0.15) is 61.4 Å². The molecule has 0 saturated heterocycles. The first kappa shape index (κ1) is 19.0. The van der Waals surface area contributed by atoms with E-state index in [9.17, 15) is 9.18 Å². The fourth-order valence-corrected chi connectivity index (χ4v) is 4.98. The number of nitrogens with one attached hydrogen (secondary N) is 1. The Balaban J connectivity index is 1.36. The summed E-state index contributed by atoms with van der Waals surface area (Å²) in [6, 6.07) is 10.2. The van der Waals surface area contributed by atoms with Crippen LogP contribution in [-0.4, -0.2) is 19.6 Å². The van der Waals surface area contributed by atoms with Gasteiger partial charge in [0.05, 0.1) is 17.6 Å². The van der Waals surface area contributed by atoms with Crippen LogP contribution in [-0.2, 0) is 0 Å². The Morgan fingerprint density at radius 2 is 1.93 bits per heavy atom. The zero-order valence-corrected chi connectivity index (χ0v) is 17.2. The van der Waals surface area contributed by atoms with E-state index in [-0.39, 0.29) is 17.3 Å². The molecule has 1 N–H and O–H groups in total. The standard InChI is InChI=1S/C24H25FN4O/c1-14-3-10-23-26-22(13-29(23)28-14)15(2)16-4-6-17(7-5-16)19-12-24(30)27-21-9-8-18(25)11-20(19)21/h3,8-13,15-17H,4-7H2,1-2H3,(H,27,30)/t15-,16-,17+/m1/s1. The molecular weight excluding hydrogens is 379 g/mol. The number of rotatable bonds is 3. The van der Waals surface area contributed by atoms with Gasteiger partial charge >= 0.3 is 0 Å². The summed E-state index contributed by atoms with van der Waals surface area (Å²) in [6.07, 6.45) is 6.17. The lowest BCUT2D eigenvalue weighted by Gasteiger charge is -2.32. The summed E-state index contributed by atoms with van der Waals surface area (Å²) in [7, 11) is 0. The monoisotopic (exact) mass is 404 g/mol. The number of benzene rings is 1. The molecule has 1 fully saturated rings. The number of imidazole rings is 1. The molecule has 154 valence electrons. The maximum absolute atomic E-state index is 13.8. The molecular formula is C24H25FN4O. The minimum Gasteiger partial charge on any atom is -0.322 e. The molecule has 0 amide bonds. The number of aromatic amines is 1. The fraction of sp³-hybridized carbons (Fsp3) is 0.375. The molecule has 0 aliphatic heterocycles. The van der Waals surface area contributed by atoms with Crippen LogP contribution in [0, 0.1) is 18.7 Å². The predicted molar refractivity (Wildman–Crippen MR) is 115 cm³/mol. The van der Waals surface area contributed by atoms with Crippen LogP contribution in [0.2, 0.25) is 0 Å². The Bertz CT molecular complexity index is 1280. The maximum atomic E-state index is 13.8. The van der Waals surface area contributed by atoms with Gasteiger partial charge in [0.15, 0.2) is 5.65 Å². The van der Waals surface area contributed by atoms with E-state index in [4.69, 9.17) is 4.98 Å². The first-order valence-electron chi connectivity index (χ1n) is 10.6. The molecule has 1 aliphatic carbocycles. The summed E-state index contributed by atoms with van der Waals surface area (Å²) in [5, 5.41) is 5.34. The predicted octanol–water partition coefficient (Wildman–Crippen LogP) is 5.10. The lowest BCUT2D eigenvalue weighted by molar-refractivity contribution is 0.289. The van der Waals surface area contributed by atoms with Gasteiger partial charge in [-0.05, 0) is 80.3 Å². The van der Waals surface area contributed by atoms with Gasteiger partial charge in [-0.2, -0.15) is 5.10 Å². The highest BCUT2D eigenvalue weighted by Gasteiger charge is 2.29. The highest BCUT2D eigenvalue weighted by molar-refractivity contribution is 5.82. The lowest BCUT2D eigenvalue weighted by atomic mass is 9.73. The smallest absolute Gasteiger partial charge is 0.248 e. The van der Waals surface area contributed by atoms with Crippen molar-refractivity contribution in [1.29, 1.82) is 0 Å². The Labute approximate surface area is 174 Å². The zero-order chi connectivity index (χ0) is 20.8. The van der Waals surface area contributed by atoms with Crippen molar-refractivity contribution in [2.45, 2.75) is 51.4 Å². The highest BCUT2D eigenvalue weighted by Crippen LogP contribution is 2.42. The maximum Gasteiger partial charge on any atom is 0.248 e. The number of aryl methyl sites for hydroxylation is 1. The third-order valence-corrected chi connectivity index (χ3v) is 6.69. The third kappa shape index (κ3) is 3.40. The van der Waals surface area contributed by atoms with Crippen molar-refractivity contribution < 1.29 is 4.39 Å². The normalized spacial score (nSPS) is 20.6. The Kier molecular flexibility index (Phi) is 4.65. The Morgan fingerprint density at radius 3 is 2.73 bits per heavy atom. The van der Waals surface area contributed by atoms with E-state index in [1.165, 1.54) is 6.07 Å². The van der Waals surface area contributed by atoms with Crippen molar-refractivity contribution in [2.75, 3.05) is 0 Å². The molecule has 3 aromatic heterocycles. The lowest BCUT2D eigenvalue weighted by Crippen LogP contribution is -2.20. The number of nitrogens with zero attached hydrogens (tertiary/aromatic N) is 3. The van der Waals surface area contributed by atoms with Gasteiger partial charge in [0.25, 0.3) is 0 Å². The Hall–Kier alpha value is -3.02. The average molecular weight is 404 g/mol. The highest BCUT2D eigenvalue weighted by atomic mass is 19.1. The number of pyridine rings is 1. The van der Waals surface area contributed by atoms with E-state index in [0.717, 1.165) is 53.7 Å². The van der Waals surface area contributed by atoms with Gasteiger partial charge in [-0.3, -0.25) is 4.79 Å². The third-order valence-electron chi connectivity index (χ3n) is 6.69. The van der Waals surface area contributed by atoms with Crippen LogP contribution in [0.5, 0.6) is 0 Å². The zero-order valence-electron chi connectivity index (χ0n) is 17.2. The average Bonchev–Trinajstić information content (AvgIpc) is 3.16. The van der Waals surface area contributed by atoms with Gasteiger partial charge in [0, 0.05) is 22.9 Å². The second-order valence-electron chi connectivity index (χ2n) is 8.62. The minimum atomic E-state index is -0.270. The largest absolute Gasteiger partial charge is 0.322 e. The number of fused-ring (bicyclic) bond motifs is 2. The molecule has 3 heterocycles. The van der Waals surface area contributed by atoms with E-state index in [1.807, 2.05) is 29.8 Å². The van der Waals surface area contributed by atoms with Crippen LogP contribution >= 0.6 is 0 Å². The second kappa shape index (κ2) is 7.35. The molecule has 1 atom stereocenters. The molecule has 6 heteroatoms. The summed E-state index contributed by atoms with van der Waals surface area (Å²) in [6.45, 7) is 4.23. The molecule has 30 heavy (non-hydrogen) atoms. The molecule has 5 rings (SSSR count). The van der Waals surface area contributed by atoms with E-state index in [0.29, 0.717) is 17.4 Å². The molecule has 0 bridgehead atoms. The van der Waals surface area contributed by atoms with E-state index >= 15 is 0 Å². The molecule has 5 nitrogen and oxygen atoms in total. The summed E-state index contributed by atoms with van der Waals surface area (Å²) in [4.78, 5) is 19.7. The second-order valence-corrected chi connectivity index (χ2v) is 8.62. The van der Waals surface area contributed by atoms with Crippen molar-refractivity contribution >= 4 is 16.6 Å². The van der Waals surface area contributed by atoms with E-state index < -0.39 is 0 Å². The number of H-pyrrole nitrogens is 1. The van der Waals surface area contributed by atoms with Gasteiger partial charge in [-0.25, -0.2) is 13.9 Å². The number of aromatic nitrogens is 4. The van der Waals surface area contributed by atoms with Gasteiger partial charge in [-0.1, -0.05) is 6.92 Å². The van der Waals surface area contributed by atoms with Crippen molar-refractivity contribution in [3.05, 3.63) is 75.7 Å². The number of hydrogen-bond donors (Lipinski definition) is 1. The molecule has 0 radical (unpaired) electrons. The first-order valence-corrected chi connectivity index (χ1v) is 10.6. The van der Waals surface area contributed by atoms with Gasteiger partial charge in [-0.15, -0.1) is 0 Å². The van der Waals surface area contributed by atoms with Crippen LogP contribution in [0.3, 0.4) is 0 Å². The first-order chi connectivity index (χ1) is 14.5. The fourth-order valence-electron chi connectivity index (χ4n) is 4.98. The quantitative estimate of drug-likeness (QED) is 0.517. The number of hydrogen-bond acceptors (Lipinski definition) is 3. The van der Waals surface area contributed by atoms with Crippen molar-refractivity contribution in [2.24, 2.45) is 5.92 Å². The molecule has 0 spiro atoms. The summed E-state index contributed by atoms with van der Waals surface area (Å²) in [5.74, 6) is 0.901. The van der Waals surface area contributed by atoms with E-state index in [2.05, 4.69) is 17.0 Å². The van der Waals surface area contributed by atoms with Gasteiger partial charge in [0.1, 0.15) is 5.82 Å². The molecule has 1 aromatic carbocycles.